The van der Waals surface area contributed by atoms with Gasteiger partial charge in [0.15, 0.2) is 0 Å². The smallest absolute Gasteiger partial charge is 0.0157 e. The highest BCUT2D eigenvalue weighted by Crippen LogP contribution is 2.43. The summed E-state index contributed by atoms with van der Waals surface area (Å²) in [6.45, 7) is 4.82. The average molecular weight is 195 g/mol. The van der Waals surface area contributed by atoms with Gasteiger partial charge in [-0.05, 0) is 62.7 Å². The molecule has 0 heterocycles. The first-order valence-electron chi connectivity index (χ1n) is 6.28. The van der Waals surface area contributed by atoms with Crippen LogP contribution in [0.25, 0.3) is 0 Å². The minimum absolute atomic E-state index is 0.256. The van der Waals surface area contributed by atoms with E-state index in [1.807, 2.05) is 0 Å². The summed E-state index contributed by atoms with van der Waals surface area (Å²) in [5.41, 5.74) is 7.17. The van der Waals surface area contributed by atoms with Crippen molar-refractivity contribution in [1.29, 1.82) is 0 Å². The van der Waals surface area contributed by atoms with Gasteiger partial charge in [-0.25, -0.2) is 0 Å². The van der Waals surface area contributed by atoms with E-state index in [0.29, 0.717) is 5.41 Å². The van der Waals surface area contributed by atoms with Crippen molar-refractivity contribution in [2.45, 2.75) is 70.8 Å². The van der Waals surface area contributed by atoms with E-state index in [9.17, 15) is 0 Å². The first kappa shape index (κ1) is 10.5. The van der Waals surface area contributed by atoms with Crippen molar-refractivity contribution in [3.05, 3.63) is 0 Å². The lowest BCUT2D eigenvalue weighted by molar-refractivity contribution is 0.130. The Morgan fingerprint density at radius 2 is 1.64 bits per heavy atom. The van der Waals surface area contributed by atoms with Crippen LogP contribution in [-0.2, 0) is 0 Å². The van der Waals surface area contributed by atoms with Crippen LogP contribution in [0.15, 0.2) is 0 Å². The minimum Gasteiger partial charge on any atom is -0.325 e. The van der Waals surface area contributed by atoms with Gasteiger partial charge in [-0.3, -0.25) is 0 Å². The third-order valence-electron chi connectivity index (χ3n) is 4.50. The van der Waals surface area contributed by atoms with E-state index in [4.69, 9.17) is 5.73 Å². The number of hydrogen-bond donors (Lipinski definition) is 1. The van der Waals surface area contributed by atoms with Gasteiger partial charge in [0, 0.05) is 5.54 Å². The Morgan fingerprint density at radius 1 is 1.07 bits per heavy atom. The zero-order valence-electron chi connectivity index (χ0n) is 9.81. The number of nitrogens with two attached hydrogens (primary N) is 1. The van der Waals surface area contributed by atoms with E-state index >= 15 is 0 Å². The van der Waals surface area contributed by atoms with E-state index in [-0.39, 0.29) is 5.54 Å². The summed E-state index contributed by atoms with van der Waals surface area (Å²) in [4.78, 5) is 0. The maximum atomic E-state index is 6.30. The van der Waals surface area contributed by atoms with Gasteiger partial charge < -0.3 is 5.73 Å². The highest BCUT2D eigenvalue weighted by atomic mass is 14.8. The standard InChI is InChI=1S/C13H25N/c1-12(2)8-4-11(5-9-12)10-13(14)6-3-7-13/h11H,3-10,14H2,1-2H3. The number of hydrogen-bond acceptors (Lipinski definition) is 1. The van der Waals surface area contributed by atoms with E-state index < -0.39 is 0 Å². The van der Waals surface area contributed by atoms with Crippen LogP contribution in [0.2, 0.25) is 0 Å². The van der Waals surface area contributed by atoms with Crippen LogP contribution in [0, 0.1) is 11.3 Å². The molecule has 2 saturated carbocycles. The Kier molecular flexibility index (Phi) is 2.63. The van der Waals surface area contributed by atoms with Crippen LogP contribution < -0.4 is 5.73 Å². The molecule has 0 amide bonds. The van der Waals surface area contributed by atoms with Crippen molar-refractivity contribution in [3.63, 3.8) is 0 Å². The summed E-state index contributed by atoms with van der Waals surface area (Å²) < 4.78 is 0. The molecular weight excluding hydrogens is 170 g/mol. The first-order chi connectivity index (χ1) is 6.49. The Labute approximate surface area is 88.4 Å². The van der Waals surface area contributed by atoms with E-state index in [1.54, 1.807) is 0 Å². The Balaban J connectivity index is 1.78. The second-order valence-electron chi connectivity index (χ2n) is 6.53. The fraction of sp³-hybridized carbons (Fsp3) is 1.00. The van der Waals surface area contributed by atoms with Crippen molar-refractivity contribution in [2.24, 2.45) is 17.1 Å². The minimum atomic E-state index is 0.256. The molecule has 0 bridgehead atoms. The van der Waals surface area contributed by atoms with Crippen molar-refractivity contribution in [1.82, 2.24) is 0 Å². The molecule has 2 N–H and O–H groups in total. The normalized spacial score (nSPS) is 31.1. The van der Waals surface area contributed by atoms with Gasteiger partial charge >= 0.3 is 0 Å². The van der Waals surface area contributed by atoms with Crippen LogP contribution in [0.3, 0.4) is 0 Å². The second kappa shape index (κ2) is 3.52. The first-order valence-corrected chi connectivity index (χ1v) is 6.28. The van der Waals surface area contributed by atoms with Crippen LogP contribution >= 0.6 is 0 Å². The molecule has 0 unspecified atom stereocenters. The monoisotopic (exact) mass is 195 g/mol. The summed E-state index contributed by atoms with van der Waals surface area (Å²) in [7, 11) is 0. The molecule has 1 nitrogen and oxygen atoms in total. The molecule has 2 fully saturated rings. The average Bonchev–Trinajstić information content (AvgIpc) is 2.06. The van der Waals surface area contributed by atoms with Crippen LogP contribution in [0.4, 0.5) is 0 Å². The molecule has 0 aliphatic heterocycles. The number of rotatable bonds is 2. The zero-order valence-corrected chi connectivity index (χ0v) is 9.81. The molecule has 2 aliphatic rings. The fourth-order valence-corrected chi connectivity index (χ4v) is 3.07. The molecule has 0 radical (unpaired) electrons. The molecule has 0 aromatic heterocycles. The topological polar surface area (TPSA) is 26.0 Å². The van der Waals surface area contributed by atoms with Gasteiger partial charge in [0.05, 0.1) is 0 Å². The van der Waals surface area contributed by atoms with Gasteiger partial charge in [0.25, 0.3) is 0 Å². The van der Waals surface area contributed by atoms with E-state index in [1.165, 1.54) is 51.4 Å². The second-order valence-corrected chi connectivity index (χ2v) is 6.53. The lowest BCUT2D eigenvalue weighted by Gasteiger charge is -2.43. The van der Waals surface area contributed by atoms with E-state index in [0.717, 1.165) is 5.92 Å². The van der Waals surface area contributed by atoms with E-state index in [2.05, 4.69) is 13.8 Å². The highest BCUT2D eigenvalue weighted by molar-refractivity contribution is 4.95. The molecule has 82 valence electrons. The SMILES string of the molecule is CC1(C)CCC(CC2(N)CCC2)CC1. The summed E-state index contributed by atoms with van der Waals surface area (Å²) in [5.74, 6) is 0.938. The summed E-state index contributed by atoms with van der Waals surface area (Å²) in [5, 5.41) is 0. The predicted octanol–water partition coefficient (Wildman–Crippen LogP) is 3.47. The molecule has 2 rings (SSSR count). The molecule has 0 aromatic rings. The Hall–Kier alpha value is -0.0400. The lowest BCUT2D eigenvalue weighted by Crippen LogP contribution is -2.48. The van der Waals surface area contributed by atoms with Crippen molar-refractivity contribution < 1.29 is 0 Å². The molecule has 0 saturated heterocycles. The molecule has 0 aromatic carbocycles. The van der Waals surface area contributed by atoms with Crippen molar-refractivity contribution >= 4 is 0 Å². The molecule has 1 heteroatoms. The quantitative estimate of drug-likeness (QED) is 0.717. The Morgan fingerprint density at radius 3 is 2.07 bits per heavy atom. The van der Waals surface area contributed by atoms with Crippen LogP contribution in [0.1, 0.15) is 65.2 Å². The summed E-state index contributed by atoms with van der Waals surface area (Å²) in [6, 6.07) is 0. The van der Waals surface area contributed by atoms with Crippen molar-refractivity contribution in [3.8, 4) is 0 Å². The molecule has 0 spiro atoms. The molecule has 2 aliphatic carbocycles. The molecule has 0 atom stereocenters. The third-order valence-corrected chi connectivity index (χ3v) is 4.50. The van der Waals surface area contributed by atoms with Gasteiger partial charge in [0.1, 0.15) is 0 Å². The van der Waals surface area contributed by atoms with Gasteiger partial charge in [0.2, 0.25) is 0 Å². The van der Waals surface area contributed by atoms with Gasteiger partial charge in [-0.1, -0.05) is 13.8 Å². The maximum absolute atomic E-state index is 6.30. The maximum Gasteiger partial charge on any atom is 0.0157 e. The predicted molar refractivity (Wildman–Crippen MR) is 61.1 cm³/mol. The van der Waals surface area contributed by atoms with Crippen LogP contribution in [0.5, 0.6) is 0 Å². The lowest BCUT2D eigenvalue weighted by atomic mass is 9.66. The third kappa shape index (κ3) is 2.31. The van der Waals surface area contributed by atoms with Crippen LogP contribution in [-0.4, -0.2) is 5.54 Å². The summed E-state index contributed by atoms with van der Waals surface area (Å²) in [6.07, 6.45) is 10.9. The summed E-state index contributed by atoms with van der Waals surface area (Å²) >= 11 is 0. The van der Waals surface area contributed by atoms with Gasteiger partial charge in [-0.2, -0.15) is 0 Å². The Bertz CT molecular complexity index is 193. The highest BCUT2D eigenvalue weighted by Gasteiger charge is 2.36. The molecular formula is C13H25N. The molecule has 14 heavy (non-hydrogen) atoms. The largest absolute Gasteiger partial charge is 0.325 e. The van der Waals surface area contributed by atoms with Crippen molar-refractivity contribution in [2.75, 3.05) is 0 Å². The zero-order chi connectivity index (χ0) is 10.2. The van der Waals surface area contributed by atoms with Gasteiger partial charge in [-0.15, -0.1) is 0 Å². The fourth-order valence-electron chi connectivity index (χ4n) is 3.07.